The molecule has 10 heteroatoms. The first-order valence-electron chi connectivity index (χ1n) is 14.4. The van der Waals surface area contributed by atoms with Crippen LogP contribution in [0.25, 0.3) is 0 Å². The Morgan fingerprint density at radius 3 is 2.34 bits per heavy atom. The van der Waals surface area contributed by atoms with E-state index in [1.165, 1.54) is 31.2 Å². The summed E-state index contributed by atoms with van der Waals surface area (Å²) in [6.45, 7) is 7.92. The van der Waals surface area contributed by atoms with Gasteiger partial charge in [0.15, 0.2) is 17.3 Å². The van der Waals surface area contributed by atoms with Gasteiger partial charge in [-0.15, -0.1) is 0 Å². The van der Waals surface area contributed by atoms with E-state index in [0.717, 1.165) is 49.3 Å². The highest BCUT2D eigenvalue weighted by Crippen LogP contribution is 2.28. The predicted molar refractivity (Wildman–Crippen MR) is 162 cm³/mol. The summed E-state index contributed by atoms with van der Waals surface area (Å²) in [6.07, 6.45) is 6.49. The second-order valence-electron chi connectivity index (χ2n) is 10.2. The number of hydrogen-bond donors (Lipinski definition) is 1. The van der Waals surface area contributed by atoms with Gasteiger partial charge >= 0.3 is 0 Å². The third kappa shape index (κ3) is 8.23. The Morgan fingerprint density at radius 1 is 0.829 bits per heavy atom. The molecule has 0 saturated carbocycles. The third-order valence-corrected chi connectivity index (χ3v) is 7.07. The van der Waals surface area contributed by atoms with Crippen molar-refractivity contribution in [1.82, 2.24) is 9.97 Å². The Kier molecular flexibility index (Phi) is 10.1. The zero-order valence-corrected chi connectivity index (χ0v) is 24.1. The van der Waals surface area contributed by atoms with Crippen LogP contribution < -0.4 is 29.4 Å². The minimum Gasteiger partial charge on any atom is -0.493 e. The Bertz CT molecular complexity index is 1260. The molecule has 0 aliphatic carbocycles. The minimum absolute atomic E-state index is 0.405. The molecule has 2 aliphatic rings. The van der Waals surface area contributed by atoms with Gasteiger partial charge in [0, 0.05) is 32.2 Å². The van der Waals surface area contributed by atoms with E-state index in [-0.39, 0.29) is 0 Å². The van der Waals surface area contributed by atoms with Crippen molar-refractivity contribution < 1.29 is 18.9 Å². The molecule has 1 aromatic heterocycles. The Balaban J connectivity index is 1.11. The summed E-state index contributed by atoms with van der Waals surface area (Å²) in [5.74, 6) is 4.56. The Morgan fingerprint density at radius 2 is 1.59 bits per heavy atom. The highest BCUT2D eigenvalue weighted by atomic mass is 16.6. The summed E-state index contributed by atoms with van der Waals surface area (Å²) in [7, 11) is 1.63. The number of ether oxygens (including phenoxy) is 4. The van der Waals surface area contributed by atoms with Crippen LogP contribution in [0.15, 0.2) is 53.6 Å². The van der Waals surface area contributed by atoms with E-state index in [4.69, 9.17) is 28.9 Å². The van der Waals surface area contributed by atoms with Crippen molar-refractivity contribution in [2.24, 2.45) is 5.10 Å². The third-order valence-electron chi connectivity index (χ3n) is 7.07. The summed E-state index contributed by atoms with van der Waals surface area (Å²) in [6, 6.07) is 15.7. The molecule has 3 heterocycles. The molecule has 2 aromatic carbocycles. The van der Waals surface area contributed by atoms with Gasteiger partial charge in [-0.2, -0.15) is 15.1 Å². The highest BCUT2D eigenvalue weighted by Gasteiger charge is 2.20. The molecule has 10 nitrogen and oxygen atoms in total. The number of hydrazone groups is 1. The van der Waals surface area contributed by atoms with Crippen LogP contribution in [0.1, 0.15) is 36.8 Å². The number of anilines is 3. The quantitative estimate of drug-likeness (QED) is 0.168. The normalized spacial score (nSPS) is 15.1. The van der Waals surface area contributed by atoms with Crippen LogP contribution >= 0.6 is 0 Å². The minimum atomic E-state index is 0.405. The largest absolute Gasteiger partial charge is 0.493 e. The SMILES string of the molecule is COc1cc(C=NNc2cc(N3CCCC3)nc(N3CCCC3)n2)ccc1OCCOCCOc1cccc(C)c1. The van der Waals surface area contributed by atoms with E-state index in [2.05, 4.69) is 20.3 Å². The van der Waals surface area contributed by atoms with Gasteiger partial charge in [0.1, 0.15) is 24.8 Å². The van der Waals surface area contributed by atoms with Crippen molar-refractivity contribution in [3.8, 4) is 17.2 Å². The lowest BCUT2D eigenvalue weighted by Gasteiger charge is -2.21. The predicted octanol–water partition coefficient (Wildman–Crippen LogP) is 4.91. The summed E-state index contributed by atoms with van der Waals surface area (Å²) < 4.78 is 22.8. The highest BCUT2D eigenvalue weighted by molar-refractivity contribution is 5.81. The van der Waals surface area contributed by atoms with E-state index in [1.54, 1.807) is 13.3 Å². The second-order valence-corrected chi connectivity index (χ2v) is 10.2. The molecule has 0 spiro atoms. The van der Waals surface area contributed by atoms with Gasteiger partial charge in [-0.1, -0.05) is 12.1 Å². The van der Waals surface area contributed by atoms with Gasteiger partial charge in [0.2, 0.25) is 5.95 Å². The van der Waals surface area contributed by atoms with E-state index < -0.39 is 0 Å². The zero-order chi connectivity index (χ0) is 28.3. The number of methoxy groups -OCH3 is 1. The average Bonchev–Trinajstić information content (AvgIpc) is 3.73. The lowest BCUT2D eigenvalue weighted by atomic mass is 10.2. The fraction of sp³-hybridized carbons (Fsp3) is 0.452. The lowest BCUT2D eigenvalue weighted by Crippen LogP contribution is -2.24. The maximum atomic E-state index is 5.88. The van der Waals surface area contributed by atoms with Crippen LogP contribution in [0.4, 0.5) is 17.6 Å². The van der Waals surface area contributed by atoms with Crippen LogP contribution in [-0.2, 0) is 4.74 Å². The molecule has 0 bridgehead atoms. The van der Waals surface area contributed by atoms with Gasteiger partial charge in [0.05, 0.1) is 26.5 Å². The van der Waals surface area contributed by atoms with Crippen LogP contribution in [0.2, 0.25) is 0 Å². The van der Waals surface area contributed by atoms with Crippen molar-refractivity contribution in [2.75, 3.05) is 74.9 Å². The lowest BCUT2D eigenvalue weighted by molar-refractivity contribution is 0.0757. The second kappa shape index (κ2) is 14.5. The molecule has 218 valence electrons. The number of rotatable bonds is 14. The first-order chi connectivity index (χ1) is 20.2. The van der Waals surface area contributed by atoms with Gasteiger partial charge < -0.3 is 28.7 Å². The van der Waals surface area contributed by atoms with Crippen LogP contribution in [0, 0.1) is 6.92 Å². The summed E-state index contributed by atoms with van der Waals surface area (Å²) in [5, 5.41) is 4.45. The van der Waals surface area contributed by atoms with Crippen LogP contribution in [0.3, 0.4) is 0 Å². The summed E-state index contributed by atoms with van der Waals surface area (Å²) >= 11 is 0. The molecule has 2 fully saturated rings. The molecule has 1 N–H and O–H groups in total. The average molecular weight is 561 g/mol. The van der Waals surface area contributed by atoms with Crippen molar-refractivity contribution in [1.29, 1.82) is 0 Å². The molecule has 0 amide bonds. The zero-order valence-electron chi connectivity index (χ0n) is 24.1. The Hall–Kier alpha value is -4.05. The molecule has 0 radical (unpaired) electrons. The molecule has 2 aliphatic heterocycles. The van der Waals surface area contributed by atoms with Crippen molar-refractivity contribution in [2.45, 2.75) is 32.6 Å². The topological polar surface area (TPSA) is 93.6 Å². The number of nitrogens with one attached hydrogen (secondary N) is 1. The standard InChI is InChI=1S/C31H40N6O4/c1-24-8-7-9-26(20-24)40-18-16-39-17-19-41-27-11-10-25(21-28(27)38-2)23-32-35-29-22-30(36-12-3-4-13-36)34-31(33-29)37-14-5-6-15-37/h7-11,20-23H,3-6,12-19H2,1-2H3,(H,33,34,35). The maximum Gasteiger partial charge on any atom is 0.229 e. The van der Waals surface area contributed by atoms with E-state index in [1.807, 2.05) is 55.5 Å². The molecule has 3 aromatic rings. The van der Waals surface area contributed by atoms with Crippen molar-refractivity contribution in [3.05, 3.63) is 59.7 Å². The number of hydrogen-bond acceptors (Lipinski definition) is 10. The van der Waals surface area contributed by atoms with Gasteiger partial charge in [0.25, 0.3) is 0 Å². The smallest absolute Gasteiger partial charge is 0.229 e. The van der Waals surface area contributed by atoms with Crippen LogP contribution in [0.5, 0.6) is 17.2 Å². The molecule has 41 heavy (non-hydrogen) atoms. The van der Waals surface area contributed by atoms with E-state index in [0.29, 0.717) is 43.7 Å². The Labute approximate surface area is 242 Å². The van der Waals surface area contributed by atoms with E-state index >= 15 is 0 Å². The maximum absolute atomic E-state index is 5.88. The van der Waals surface area contributed by atoms with Crippen molar-refractivity contribution >= 4 is 23.8 Å². The van der Waals surface area contributed by atoms with E-state index in [9.17, 15) is 0 Å². The van der Waals surface area contributed by atoms with Crippen molar-refractivity contribution in [3.63, 3.8) is 0 Å². The number of nitrogens with zero attached hydrogens (tertiary/aromatic N) is 5. The molecule has 0 unspecified atom stereocenters. The summed E-state index contributed by atoms with van der Waals surface area (Å²) in [4.78, 5) is 14.2. The molecular weight excluding hydrogens is 520 g/mol. The molecule has 5 rings (SSSR count). The van der Waals surface area contributed by atoms with Crippen LogP contribution in [-0.4, -0.2) is 75.9 Å². The molecule has 0 atom stereocenters. The fourth-order valence-corrected chi connectivity index (χ4v) is 4.94. The number of benzene rings is 2. The van der Waals surface area contributed by atoms with Gasteiger partial charge in [-0.25, -0.2) is 0 Å². The first kappa shape index (κ1) is 28.5. The fourth-order valence-electron chi connectivity index (χ4n) is 4.94. The first-order valence-corrected chi connectivity index (χ1v) is 14.4. The van der Waals surface area contributed by atoms with Gasteiger partial charge in [-0.05, 0) is 74.1 Å². The number of aryl methyl sites for hydroxylation is 1. The van der Waals surface area contributed by atoms with Gasteiger partial charge in [-0.3, -0.25) is 5.43 Å². The number of aromatic nitrogens is 2. The molecular formula is C31H40N6O4. The molecule has 2 saturated heterocycles. The monoisotopic (exact) mass is 560 g/mol. The summed E-state index contributed by atoms with van der Waals surface area (Å²) in [5.41, 5.74) is 5.16.